The Morgan fingerprint density at radius 2 is 1.81 bits per heavy atom. The van der Waals surface area contributed by atoms with E-state index in [9.17, 15) is 14.7 Å². The van der Waals surface area contributed by atoms with Gasteiger partial charge in [0.15, 0.2) is 11.5 Å². The van der Waals surface area contributed by atoms with Gasteiger partial charge in [-0.1, -0.05) is 24.3 Å². The number of carboxylic acid groups (broad SMARTS) is 1. The van der Waals surface area contributed by atoms with Crippen LogP contribution in [0.15, 0.2) is 42.5 Å². The fourth-order valence-corrected chi connectivity index (χ4v) is 3.27. The lowest BCUT2D eigenvalue weighted by atomic mass is 9.93. The molecule has 0 saturated heterocycles. The van der Waals surface area contributed by atoms with E-state index in [-0.39, 0.29) is 18.6 Å². The number of amides is 1. The van der Waals surface area contributed by atoms with Crippen LogP contribution in [0.4, 0.5) is 0 Å². The summed E-state index contributed by atoms with van der Waals surface area (Å²) in [4.78, 5) is 26.3. The third-order valence-electron chi connectivity index (χ3n) is 4.57. The molecular formula is C21H23NO5. The summed E-state index contributed by atoms with van der Waals surface area (Å²) in [5, 5.41) is 9.64. The van der Waals surface area contributed by atoms with E-state index in [2.05, 4.69) is 0 Å². The van der Waals surface area contributed by atoms with E-state index in [0.29, 0.717) is 23.5 Å². The molecular weight excluding hydrogens is 346 g/mol. The second-order valence-electron chi connectivity index (χ2n) is 6.79. The monoisotopic (exact) mass is 369 g/mol. The maximum atomic E-state index is 13.1. The van der Waals surface area contributed by atoms with Gasteiger partial charge in [-0.05, 0) is 43.2 Å². The standard InChI is InChI=1S/C21H23NO5/c1-13(2)27-18-9-8-15(11-19(18)26-3)20(23)22-12-16-7-5-4-6-14(16)10-17(22)21(24)25/h4-9,11,13,17H,10,12H2,1-3H3,(H,24,25). The number of rotatable bonds is 5. The smallest absolute Gasteiger partial charge is 0.326 e. The van der Waals surface area contributed by atoms with Gasteiger partial charge in [0.1, 0.15) is 6.04 Å². The molecule has 1 N–H and O–H groups in total. The van der Waals surface area contributed by atoms with Gasteiger partial charge in [0.25, 0.3) is 5.91 Å². The molecule has 1 unspecified atom stereocenters. The van der Waals surface area contributed by atoms with Crippen LogP contribution in [0.3, 0.4) is 0 Å². The zero-order chi connectivity index (χ0) is 19.6. The largest absolute Gasteiger partial charge is 0.493 e. The van der Waals surface area contributed by atoms with Crippen molar-refractivity contribution in [2.75, 3.05) is 7.11 Å². The lowest BCUT2D eigenvalue weighted by Crippen LogP contribution is -2.48. The van der Waals surface area contributed by atoms with Crippen molar-refractivity contribution >= 4 is 11.9 Å². The van der Waals surface area contributed by atoms with Crippen LogP contribution in [-0.2, 0) is 17.8 Å². The molecule has 1 amide bonds. The maximum absolute atomic E-state index is 13.1. The number of carbonyl (C=O) groups excluding carboxylic acids is 1. The molecule has 1 aliphatic rings. The minimum absolute atomic E-state index is 0.0320. The summed E-state index contributed by atoms with van der Waals surface area (Å²) in [7, 11) is 1.51. The van der Waals surface area contributed by atoms with E-state index in [4.69, 9.17) is 9.47 Å². The number of fused-ring (bicyclic) bond motifs is 1. The summed E-state index contributed by atoms with van der Waals surface area (Å²) in [5.74, 6) is -0.363. The van der Waals surface area contributed by atoms with E-state index in [1.54, 1.807) is 18.2 Å². The van der Waals surface area contributed by atoms with Gasteiger partial charge in [0.2, 0.25) is 0 Å². The molecule has 2 aromatic carbocycles. The Morgan fingerprint density at radius 3 is 2.44 bits per heavy atom. The van der Waals surface area contributed by atoms with Crippen LogP contribution in [0.25, 0.3) is 0 Å². The maximum Gasteiger partial charge on any atom is 0.326 e. The third-order valence-corrected chi connectivity index (χ3v) is 4.57. The number of benzene rings is 2. The first kappa shape index (κ1) is 18.8. The van der Waals surface area contributed by atoms with Crippen LogP contribution in [0, 0.1) is 0 Å². The van der Waals surface area contributed by atoms with Gasteiger partial charge in [-0.15, -0.1) is 0 Å². The summed E-state index contributed by atoms with van der Waals surface area (Å²) in [6, 6.07) is 11.6. The van der Waals surface area contributed by atoms with Crippen molar-refractivity contribution in [3.05, 3.63) is 59.2 Å². The molecule has 1 aliphatic heterocycles. The molecule has 0 fully saturated rings. The van der Waals surface area contributed by atoms with Crippen LogP contribution < -0.4 is 9.47 Å². The lowest BCUT2D eigenvalue weighted by molar-refractivity contribution is -0.142. The Balaban J connectivity index is 1.93. The molecule has 1 heterocycles. The van der Waals surface area contributed by atoms with Gasteiger partial charge >= 0.3 is 5.97 Å². The van der Waals surface area contributed by atoms with Crippen molar-refractivity contribution in [1.29, 1.82) is 0 Å². The molecule has 0 spiro atoms. The van der Waals surface area contributed by atoms with Crippen molar-refractivity contribution in [2.45, 2.75) is 39.0 Å². The zero-order valence-electron chi connectivity index (χ0n) is 15.6. The first-order valence-corrected chi connectivity index (χ1v) is 8.86. The van der Waals surface area contributed by atoms with Crippen LogP contribution in [0.1, 0.15) is 35.3 Å². The van der Waals surface area contributed by atoms with Crippen molar-refractivity contribution in [1.82, 2.24) is 4.90 Å². The minimum Gasteiger partial charge on any atom is -0.493 e. The second-order valence-corrected chi connectivity index (χ2v) is 6.79. The minimum atomic E-state index is -1.01. The summed E-state index contributed by atoms with van der Waals surface area (Å²) >= 11 is 0. The quantitative estimate of drug-likeness (QED) is 0.876. The van der Waals surface area contributed by atoms with Gasteiger partial charge in [-0.25, -0.2) is 4.79 Å². The Bertz CT molecular complexity index is 861. The average Bonchev–Trinajstić information content (AvgIpc) is 2.66. The number of ether oxygens (including phenoxy) is 2. The highest BCUT2D eigenvalue weighted by Gasteiger charge is 2.35. The van der Waals surface area contributed by atoms with Crippen molar-refractivity contribution in [3.8, 4) is 11.5 Å². The predicted octanol–water partition coefficient (Wildman–Crippen LogP) is 3.13. The SMILES string of the molecule is COc1cc(C(=O)N2Cc3ccccc3CC2C(=O)O)ccc1OC(C)C. The number of nitrogens with zero attached hydrogens (tertiary/aromatic N) is 1. The van der Waals surface area contributed by atoms with E-state index < -0.39 is 12.0 Å². The molecule has 6 heteroatoms. The van der Waals surface area contributed by atoms with Crippen molar-refractivity contribution in [2.24, 2.45) is 0 Å². The van der Waals surface area contributed by atoms with E-state index >= 15 is 0 Å². The third kappa shape index (κ3) is 3.89. The first-order chi connectivity index (χ1) is 12.9. The van der Waals surface area contributed by atoms with Crippen molar-refractivity contribution in [3.63, 3.8) is 0 Å². The Labute approximate surface area is 158 Å². The van der Waals surface area contributed by atoms with Gasteiger partial charge in [0, 0.05) is 18.5 Å². The summed E-state index contributed by atoms with van der Waals surface area (Å²) in [6.45, 7) is 4.07. The number of hydrogen-bond acceptors (Lipinski definition) is 4. The zero-order valence-corrected chi connectivity index (χ0v) is 15.6. The molecule has 0 radical (unpaired) electrons. The summed E-state index contributed by atoms with van der Waals surface area (Å²) in [5.41, 5.74) is 2.30. The van der Waals surface area contributed by atoms with Crippen LogP contribution in [0.2, 0.25) is 0 Å². The topological polar surface area (TPSA) is 76.1 Å². The molecule has 0 aliphatic carbocycles. The van der Waals surface area contributed by atoms with Gasteiger partial charge < -0.3 is 19.5 Å². The van der Waals surface area contributed by atoms with Gasteiger partial charge in [0.05, 0.1) is 13.2 Å². The predicted molar refractivity (Wildman–Crippen MR) is 100 cm³/mol. The van der Waals surface area contributed by atoms with E-state index in [1.807, 2.05) is 38.1 Å². The fraction of sp³-hybridized carbons (Fsp3) is 0.333. The molecule has 142 valence electrons. The van der Waals surface area contributed by atoms with E-state index in [1.165, 1.54) is 12.0 Å². The number of hydrogen-bond donors (Lipinski definition) is 1. The van der Waals surface area contributed by atoms with Crippen LogP contribution in [-0.4, -0.2) is 41.1 Å². The number of aliphatic carboxylic acids is 1. The van der Waals surface area contributed by atoms with Gasteiger partial charge in [-0.2, -0.15) is 0 Å². The fourth-order valence-electron chi connectivity index (χ4n) is 3.27. The highest BCUT2D eigenvalue weighted by atomic mass is 16.5. The summed E-state index contributed by atoms with van der Waals surface area (Å²) < 4.78 is 11.0. The molecule has 0 saturated carbocycles. The highest BCUT2D eigenvalue weighted by Crippen LogP contribution is 2.31. The first-order valence-electron chi connectivity index (χ1n) is 8.86. The number of methoxy groups -OCH3 is 1. The number of carboxylic acids is 1. The summed E-state index contributed by atoms with van der Waals surface area (Å²) in [6.07, 6.45) is 0.263. The normalized spacial score (nSPS) is 16.0. The molecule has 0 aromatic heterocycles. The molecule has 2 aromatic rings. The average molecular weight is 369 g/mol. The number of carbonyl (C=O) groups is 2. The Morgan fingerprint density at radius 1 is 1.11 bits per heavy atom. The Hall–Kier alpha value is -3.02. The molecule has 0 bridgehead atoms. The lowest BCUT2D eigenvalue weighted by Gasteiger charge is -2.34. The highest BCUT2D eigenvalue weighted by molar-refractivity contribution is 5.97. The van der Waals surface area contributed by atoms with Crippen molar-refractivity contribution < 1.29 is 24.2 Å². The molecule has 1 atom stereocenters. The Kier molecular flexibility index (Phi) is 5.35. The molecule has 3 rings (SSSR count). The second kappa shape index (κ2) is 7.70. The van der Waals surface area contributed by atoms with Crippen LogP contribution in [0.5, 0.6) is 11.5 Å². The van der Waals surface area contributed by atoms with Crippen LogP contribution >= 0.6 is 0 Å². The van der Waals surface area contributed by atoms with E-state index in [0.717, 1.165) is 11.1 Å². The van der Waals surface area contributed by atoms with Gasteiger partial charge in [-0.3, -0.25) is 4.79 Å². The molecule has 6 nitrogen and oxygen atoms in total. The molecule has 27 heavy (non-hydrogen) atoms.